The second-order valence-electron chi connectivity index (χ2n) is 7.33. The molecule has 7 heteroatoms. The van der Waals surface area contributed by atoms with Crippen LogP contribution >= 0.6 is 11.6 Å². The predicted molar refractivity (Wildman–Crippen MR) is 116 cm³/mol. The summed E-state index contributed by atoms with van der Waals surface area (Å²) in [5.74, 6) is -1.37. The molecule has 6 nitrogen and oxygen atoms in total. The molecule has 2 aromatic carbocycles. The Hall–Kier alpha value is -3.25. The van der Waals surface area contributed by atoms with Crippen LogP contribution in [0.1, 0.15) is 42.0 Å². The molecule has 2 heterocycles. The fourth-order valence-corrected chi connectivity index (χ4v) is 3.89. The third-order valence-corrected chi connectivity index (χ3v) is 5.44. The smallest absolute Gasteiger partial charge is 0.303 e. The first kappa shape index (κ1) is 20.0. The first-order valence-corrected chi connectivity index (χ1v) is 10.0. The fourth-order valence-electron chi connectivity index (χ4n) is 3.62. The summed E-state index contributed by atoms with van der Waals surface area (Å²) < 4.78 is 0. The van der Waals surface area contributed by atoms with Crippen molar-refractivity contribution in [3.05, 3.63) is 76.4 Å². The SMILES string of the molecule is Cc1ccc2cc([C@@H]3CC(c4ccccc4)=NN3C(=O)CCC(=O)O)c(Cl)nc2c1. The van der Waals surface area contributed by atoms with Gasteiger partial charge in [0.15, 0.2) is 0 Å². The van der Waals surface area contributed by atoms with Crippen molar-refractivity contribution in [3.63, 3.8) is 0 Å². The minimum atomic E-state index is -1.02. The van der Waals surface area contributed by atoms with Crippen molar-refractivity contribution >= 4 is 40.1 Å². The van der Waals surface area contributed by atoms with Gasteiger partial charge in [-0.15, -0.1) is 0 Å². The molecule has 30 heavy (non-hydrogen) atoms. The molecule has 1 N–H and O–H groups in total. The van der Waals surface area contributed by atoms with Crippen molar-refractivity contribution < 1.29 is 14.7 Å². The van der Waals surface area contributed by atoms with Gasteiger partial charge in [0.1, 0.15) is 5.15 Å². The van der Waals surface area contributed by atoms with Crippen LogP contribution in [0, 0.1) is 6.92 Å². The van der Waals surface area contributed by atoms with Gasteiger partial charge in [-0.1, -0.05) is 54.1 Å². The number of carbonyl (C=O) groups is 2. The largest absolute Gasteiger partial charge is 0.481 e. The summed E-state index contributed by atoms with van der Waals surface area (Å²) in [6, 6.07) is 17.0. The normalized spacial score (nSPS) is 16.0. The maximum absolute atomic E-state index is 12.8. The number of nitrogens with zero attached hydrogens (tertiary/aromatic N) is 3. The molecule has 1 aromatic heterocycles. The van der Waals surface area contributed by atoms with E-state index in [1.807, 2.05) is 61.5 Å². The average molecular weight is 422 g/mol. The molecule has 1 amide bonds. The van der Waals surface area contributed by atoms with Crippen LogP contribution < -0.4 is 0 Å². The van der Waals surface area contributed by atoms with Crippen molar-refractivity contribution in [3.8, 4) is 0 Å². The second kappa shape index (κ2) is 8.24. The Labute approximate surface area is 178 Å². The highest BCUT2D eigenvalue weighted by Gasteiger charge is 2.34. The maximum Gasteiger partial charge on any atom is 0.303 e. The Bertz CT molecular complexity index is 1160. The van der Waals surface area contributed by atoms with E-state index in [1.165, 1.54) is 5.01 Å². The van der Waals surface area contributed by atoms with Crippen LogP contribution in [0.5, 0.6) is 0 Å². The van der Waals surface area contributed by atoms with Gasteiger partial charge in [-0.05, 0) is 30.2 Å². The summed E-state index contributed by atoms with van der Waals surface area (Å²) in [6.45, 7) is 1.99. The number of hydrogen-bond donors (Lipinski definition) is 1. The summed E-state index contributed by atoms with van der Waals surface area (Å²) in [7, 11) is 0. The molecule has 0 unspecified atom stereocenters. The average Bonchev–Trinajstić information content (AvgIpc) is 3.17. The zero-order valence-corrected chi connectivity index (χ0v) is 17.1. The van der Waals surface area contributed by atoms with E-state index in [9.17, 15) is 9.59 Å². The molecule has 0 saturated heterocycles. The van der Waals surface area contributed by atoms with E-state index < -0.39 is 12.0 Å². The second-order valence-corrected chi connectivity index (χ2v) is 7.69. The van der Waals surface area contributed by atoms with Gasteiger partial charge in [0.2, 0.25) is 5.91 Å². The summed E-state index contributed by atoms with van der Waals surface area (Å²) >= 11 is 6.53. The van der Waals surface area contributed by atoms with Crippen molar-refractivity contribution in [1.82, 2.24) is 9.99 Å². The van der Waals surface area contributed by atoms with E-state index in [0.717, 1.165) is 27.7 Å². The van der Waals surface area contributed by atoms with Gasteiger partial charge in [-0.3, -0.25) is 9.59 Å². The number of rotatable bonds is 5. The number of carboxylic acids is 1. The summed E-state index contributed by atoms with van der Waals surface area (Å²) in [6.07, 6.45) is 0.0953. The molecule has 0 spiro atoms. The number of halogens is 1. The quantitative estimate of drug-likeness (QED) is 0.603. The Morgan fingerprint density at radius 3 is 2.63 bits per heavy atom. The van der Waals surface area contributed by atoms with Gasteiger partial charge in [-0.25, -0.2) is 9.99 Å². The lowest BCUT2D eigenvalue weighted by Crippen LogP contribution is -2.27. The number of carbonyl (C=O) groups excluding carboxylic acids is 1. The fraction of sp³-hybridized carbons (Fsp3) is 0.217. The van der Waals surface area contributed by atoms with Gasteiger partial charge in [0.05, 0.1) is 23.7 Å². The molecule has 1 aliphatic heterocycles. The van der Waals surface area contributed by atoms with Crippen LogP contribution in [0.25, 0.3) is 10.9 Å². The zero-order valence-electron chi connectivity index (χ0n) is 16.4. The highest BCUT2D eigenvalue weighted by Crippen LogP contribution is 2.37. The predicted octanol–water partition coefficient (Wildman–Crippen LogP) is 4.74. The van der Waals surface area contributed by atoms with Crippen LogP contribution in [0.15, 0.2) is 59.7 Å². The number of amides is 1. The number of aryl methyl sites for hydroxylation is 1. The molecule has 0 radical (unpaired) electrons. The van der Waals surface area contributed by atoms with E-state index in [-0.39, 0.29) is 18.7 Å². The molecule has 4 rings (SSSR count). The summed E-state index contributed by atoms with van der Waals surface area (Å²) in [5, 5.41) is 16.1. The van der Waals surface area contributed by atoms with E-state index >= 15 is 0 Å². The Morgan fingerprint density at radius 1 is 1.13 bits per heavy atom. The molecule has 1 atom stereocenters. The van der Waals surface area contributed by atoms with Gasteiger partial charge in [0.25, 0.3) is 0 Å². The van der Waals surface area contributed by atoms with Crippen molar-refractivity contribution in [2.75, 3.05) is 0 Å². The van der Waals surface area contributed by atoms with Crippen molar-refractivity contribution in [2.24, 2.45) is 5.10 Å². The van der Waals surface area contributed by atoms with Crippen LogP contribution in [0.2, 0.25) is 5.15 Å². The first-order chi connectivity index (χ1) is 14.4. The van der Waals surface area contributed by atoms with Gasteiger partial charge in [-0.2, -0.15) is 5.10 Å². The van der Waals surface area contributed by atoms with Crippen molar-refractivity contribution in [2.45, 2.75) is 32.2 Å². The van der Waals surface area contributed by atoms with Crippen molar-refractivity contribution in [1.29, 1.82) is 0 Å². The molecule has 152 valence electrons. The van der Waals surface area contributed by atoms with Crippen LogP contribution in [-0.4, -0.2) is 32.7 Å². The Morgan fingerprint density at radius 2 is 1.90 bits per heavy atom. The molecule has 0 saturated carbocycles. The van der Waals surface area contributed by atoms with Crippen LogP contribution in [-0.2, 0) is 9.59 Å². The topological polar surface area (TPSA) is 82.9 Å². The van der Waals surface area contributed by atoms with E-state index in [1.54, 1.807) is 0 Å². The highest BCUT2D eigenvalue weighted by molar-refractivity contribution is 6.30. The first-order valence-electron chi connectivity index (χ1n) is 9.66. The standard InChI is InChI=1S/C23H20ClN3O3/c1-14-7-8-16-12-17(23(24)25-18(16)11-14)20-13-19(15-5-3-2-4-6-15)26-27(20)21(28)9-10-22(29)30/h2-8,11-12,20H,9-10,13H2,1H3,(H,29,30)/t20-/m0/s1. The number of carboxylic acid groups (broad SMARTS) is 1. The Balaban J connectivity index is 1.74. The molecule has 0 aliphatic carbocycles. The molecular weight excluding hydrogens is 402 g/mol. The number of benzene rings is 2. The number of aromatic nitrogens is 1. The summed E-state index contributed by atoms with van der Waals surface area (Å²) in [5.41, 5.74) is 4.24. The van der Waals surface area contributed by atoms with E-state index in [2.05, 4.69) is 10.1 Å². The van der Waals surface area contributed by atoms with E-state index in [0.29, 0.717) is 17.1 Å². The highest BCUT2D eigenvalue weighted by atomic mass is 35.5. The minimum absolute atomic E-state index is 0.130. The summed E-state index contributed by atoms with van der Waals surface area (Å²) in [4.78, 5) is 28.3. The van der Waals surface area contributed by atoms with Crippen LogP contribution in [0.3, 0.4) is 0 Å². The van der Waals surface area contributed by atoms with Gasteiger partial charge < -0.3 is 5.11 Å². The van der Waals surface area contributed by atoms with Gasteiger partial charge in [0, 0.05) is 23.8 Å². The third-order valence-electron chi connectivity index (χ3n) is 5.14. The Kier molecular flexibility index (Phi) is 5.50. The number of hydrogen-bond acceptors (Lipinski definition) is 4. The maximum atomic E-state index is 12.8. The number of hydrazone groups is 1. The minimum Gasteiger partial charge on any atom is -0.481 e. The molecule has 0 bridgehead atoms. The van der Waals surface area contributed by atoms with E-state index in [4.69, 9.17) is 16.7 Å². The van der Waals surface area contributed by atoms with Crippen LogP contribution in [0.4, 0.5) is 0 Å². The van der Waals surface area contributed by atoms with Gasteiger partial charge >= 0.3 is 5.97 Å². The lowest BCUT2D eigenvalue weighted by atomic mass is 9.98. The molecule has 3 aromatic rings. The lowest BCUT2D eigenvalue weighted by molar-refractivity contribution is -0.141. The zero-order chi connectivity index (χ0) is 21.3. The molecular formula is C23H20ClN3O3. The monoisotopic (exact) mass is 421 g/mol. The number of pyridine rings is 1. The molecule has 0 fully saturated rings. The lowest BCUT2D eigenvalue weighted by Gasteiger charge is -2.23. The third kappa shape index (κ3) is 4.04. The molecule has 1 aliphatic rings. The number of fused-ring (bicyclic) bond motifs is 1. The number of aliphatic carboxylic acids is 1.